The smallest absolute Gasteiger partial charge is 0.225 e. The predicted molar refractivity (Wildman–Crippen MR) is 79.8 cm³/mol. The van der Waals surface area contributed by atoms with Crippen LogP contribution in [0.1, 0.15) is 30.9 Å². The van der Waals surface area contributed by atoms with Crippen LogP contribution in [0.3, 0.4) is 0 Å². The minimum absolute atomic E-state index is 0.112. The van der Waals surface area contributed by atoms with E-state index in [0.29, 0.717) is 29.0 Å². The van der Waals surface area contributed by atoms with Gasteiger partial charge in [-0.05, 0) is 24.5 Å². The molecule has 114 valence electrons. The fraction of sp³-hybridized carbons (Fsp3) is 0.533. The Morgan fingerprint density at radius 1 is 1.29 bits per heavy atom. The van der Waals surface area contributed by atoms with Crippen molar-refractivity contribution in [1.29, 1.82) is 0 Å². The van der Waals surface area contributed by atoms with Crippen molar-refractivity contribution >= 4 is 17.5 Å². The van der Waals surface area contributed by atoms with Crippen LogP contribution in [0.5, 0.6) is 11.5 Å². The number of nitrogens with zero attached hydrogens (tertiary/aromatic N) is 1. The fourth-order valence-electron chi connectivity index (χ4n) is 3.08. The molecule has 1 saturated heterocycles. The van der Waals surface area contributed by atoms with Gasteiger partial charge in [-0.25, -0.2) is 0 Å². The number of benzene rings is 1. The number of ether oxygens (including phenoxy) is 2. The minimum Gasteiger partial charge on any atom is -0.493 e. The van der Waals surface area contributed by atoms with E-state index in [-0.39, 0.29) is 18.0 Å². The highest BCUT2D eigenvalue weighted by atomic mass is 35.5. The van der Waals surface area contributed by atoms with Gasteiger partial charge in [0.15, 0.2) is 11.5 Å². The molecule has 0 radical (unpaired) electrons. The summed E-state index contributed by atoms with van der Waals surface area (Å²) in [6.45, 7) is 0. The molecule has 2 unspecified atom stereocenters. The summed E-state index contributed by atoms with van der Waals surface area (Å²) in [6, 6.07) is 3.56. The van der Waals surface area contributed by atoms with Crippen LogP contribution in [0.4, 0.5) is 0 Å². The molecule has 2 atom stereocenters. The molecule has 2 fully saturated rings. The molecule has 1 aromatic rings. The van der Waals surface area contributed by atoms with Gasteiger partial charge in [-0.3, -0.25) is 4.79 Å². The highest BCUT2D eigenvalue weighted by Crippen LogP contribution is 2.46. The molecule has 21 heavy (non-hydrogen) atoms. The van der Waals surface area contributed by atoms with Crippen molar-refractivity contribution in [2.24, 2.45) is 5.73 Å². The predicted octanol–water partition coefficient (Wildman–Crippen LogP) is 2.12. The quantitative estimate of drug-likeness (QED) is 0.925. The maximum absolute atomic E-state index is 12.2. The molecular weight excluding hydrogens is 292 g/mol. The maximum Gasteiger partial charge on any atom is 0.225 e. The summed E-state index contributed by atoms with van der Waals surface area (Å²) in [5.41, 5.74) is 7.03. The van der Waals surface area contributed by atoms with Crippen molar-refractivity contribution in [1.82, 2.24) is 4.90 Å². The topological polar surface area (TPSA) is 64.8 Å². The van der Waals surface area contributed by atoms with Crippen molar-refractivity contribution in [2.45, 2.75) is 37.4 Å². The number of likely N-dealkylation sites (tertiary alicyclic amines) is 1. The number of hydrogen-bond acceptors (Lipinski definition) is 4. The van der Waals surface area contributed by atoms with Crippen molar-refractivity contribution in [3.05, 3.63) is 22.7 Å². The van der Waals surface area contributed by atoms with Crippen LogP contribution in [0.15, 0.2) is 12.1 Å². The Morgan fingerprint density at radius 2 is 2.00 bits per heavy atom. The first-order valence-electron chi connectivity index (χ1n) is 7.05. The zero-order valence-electron chi connectivity index (χ0n) is 12.1. The summed E-state index contributed by atoms with van der Waals surface area (Å²) in [6.07, 6.45) is 2.45. The van der Waals surface area contributed by atoms with Gasteiger partial charge in [-0.2, -0.15) is 0 Å². The number of nitrogens with two attached hydrogens (primary N) is 1. The zero-order chi connectivity index (χ0) is 15.1. The normalized spacial score (nSPS) is 25.3. The Balaban J connectivity index is 2.04. The fourth-order valence-corrected chi connectivity index (χ4v) is 3.42. The first-order valence-corrected chi connectivity index (χ1v) is 7.43. The summed E-state index contributed by atoms with van der Waals surface area (Å²) < 4.78 is 10.6. The lowest BCUT2D eigenvalue weighted by molar-refractivity contribution is -0.129. The standard InChI is InChI=1S/C15H19ClN2O3/c1-20-11-6-5-9(13(16)15(11)21-2)14-10(17)7-12(19)18(14)8-3-4-8/h5-6,8,10,14H,3-4,7,17H2,1-2H3. The number of halogens is 1. The first kappa shape index (κ1) is 14.5. The van der Waals surface area contributed by atoms with E-state index < -0.39 is 0 Å². The monoisotopic (exact) mass is 310 g/mol. The third-order valence-corrected chi connectivity index (χ3v) is 4.57. The van der Waals surface area contributed by atoms with Crippen LogP contribution in [-0.2, 0) is 4.79 Å². The van der Waals surface area contributed by atoms with Gasteiger partial charge in [0.1, 0.15) is 0 Å². The average molecular weight is 311 g/mol. The Labute approximate surface area is 128 Å². The number of rotatable bonds is 4. The second-order valence-electron chi connectivity index (χ2n) is 5.55. The SMILES string of the molecule is COc1ccc(C2C(N)CC(=O)N2C2CC2)c(Cl)c1OC. The third-order valence-electron chi connectivity index (χ3n) is 4.18. The number of hydrogen-bond donors (Lipinski definition) is 1. The number of carbonyl (C=O) groups excluding carboxylic acids is 1. The third kappa shape index (κ3) is 2.34. The van der Waals surface area contributed by atoms with Gasteiger partial charge in [0.05, 0.1) is 25.3 Å². The van der Waals surface area contributed by atoms with E-state index in [1.165, 1.54) is 0 Å². The van der Waals surface area contributed by atoms with Gasteiger partial charge in [-0.1, -0.05) is 17.7 Å². The molecule has 2 aliphatic rings. The van der Waals surface area contributed by atoms with Crippen LogP contribution in [0, 0.1) is 0 Å². The highest BCUT2D eigenvalue weighted by Gasteiger charge is 2.46. The van der Waals surface area contributed by atoms with Crippen LogP contribution >= 0.6 is 11.6 Å². The van der Waals surface area contributed by atoms with Crippen molar-refractivity contribution in [3.8, 4) is 11.5 Å². The molecule has 1 aliphatic carbocycles. The summed E-state index contributed by atoms with van der Waals surface area (Å²) >= 11 is 6.48. The lowest BCUT2D eigenvalue weighted by Crippen LogP contribution is -2.34. The van der Waals surface area contributed by atoms with Crippen LogP contribution in [0.2, 0.25) is 5.02 Å². The van der Waals surface area contributed by atoms with E-state index in [1.54, 1.807) is 20.3 Å². The van der Waals surface area contributed by atoms with E-state index in [2.05, 4.69) is 0 Å². The lowest BCUT2D eigenvalue weighted by atomic mass is 10.00. The second-order valence-corrected chi connectivity index (χ2v) is 5.93. The zero-order valence-corrected chi connectivity index (χ0v) is 12.9. The highest BCUT2D eigenvalue weighted by molar-refractivity contribution is 6.33. The second kappa shape index (κ2) is 5.39. The van der Waals surface area contributed by atoms with Gasteiger partial charge in [0.25, 0.3) is 0 Å². The van der Waals surface area contributed by atoms with Gasteiger partial charge in [0.2, 0.25) is 5.91 Å². The summed E-state index contributed by atoms with van der Waals surface area (Å²) in [7, 11) is 3.11. The molecule has 0 aromatic heterocycles. The van der Waals surface area contributed by atoms with Crippen LogP contribution < -0.4 is 15.2 Å². The molecule has 1 heterocycles. The summed E-state index contributed by atoms with van der Waals surface area (Å²) in [5.74, 6) is 1.17. The first-order chi connectivity index (χ1) is 10.1. The molecule has 1 saturated carbocycles. The lowest BCUT2D eigenvalue weighted by Gasteiger charge is -2.28. The van der Waals surface area contributed by atoms with E-state index in [9.17, 15) is 4.79 Å². The number of carbonyl (C=O) groups is 1. The van der Waals surface area contributed by atoms with E-state index >= 15 is 0 Å². The minimum atomic E-state index is -0.242. The summed E-state index contributed by atoms with van der Waals surface area (Å²) in [4.78, 5) is 14.1. The van der Waals surface area contributed by atoms with Crippen LogP contribution in [-0.4, -0.2) is 37.1 Å². The summed E-state index contributed by atoms with van der Waals surface area (Å²) in [5, 5.41) is 0.470. The van der Waals surface area contributed by atoms with Gasteiger partial charge in [0, 0.05) is 18.5 Å². The molecule has 1 amide bonds. The molecular formula is C15H19ClN2O3. The number of methoxy groups -OCH3 is 2. The van der Waals surface area contributed by atoms with E-state index in [1.807, 2.05) is 11.0 Å². The molecule has 1 aliphatic heterocycles. The van der Waals surface area contributed by atoms with E-state index in [4.69, 9.17) is 26.8 Å². The molecule has 6 heteroatoms. The largest absolute Gasteiger partial charge is 0.493 e. The Bertz CT molecular complexity index is 574. The van der Waals surface area contributed by atoms with Crippen molar-refractivity contribution < 1.29 is 14.3 Å². The van der Waals surface area contributed by atoms with Crippen LogP contribution in [0.25, 0.3) is 0 Å². The van der Waals surface area contributed by atoms with Gasteiger partial charge in [-0.15, -0.1) is 0 Å². The van der Waals surface area contributed by atoms with Gasteiger partial charge >= 0.3 is 0 Å². The molecule has 5 nitrogen and oxygen atoms in total. The maximum atomic E-state index is 12.2. The molecule has 0 bridgehead atoms. The molecule has 3 rings (SSSR count). The van der Waals surface area contributed by atoms with Crippen molar-refractivity contribution in [3.63, 3.8) is 0 Å². The Hall–Kier alpha value is -1.46. The average Bonchev–Trinajstić information content (AvgIpc) is 3.24. The van der Waals surface area contributed by atoms with E-state index in [0.717, 1.165) is 18.4 Å². The molecule has 2 N–H and O–H groups in total. The Morgan fingerprint density at radius 3 is 2.57 bits per heavy atom. The van der Waals surface area contributed by atoms with Crippen molar-refractivity contribution in [2.75, 3.05) is 14.2 Å². The molecule has 0 spiro atoms. The number of amides is 1. The molecule has 1 aromatic carbocycles. The Kier molecular flexibility index (Phi) is 3.71. The van der Waals surface area contributed by atoms with Gasteiger partial charge < -0.3 is 20.1 Å².